The Morgan fingerprint density at radius 3 is 2.94 bits per heavy atom. The standard InChI is InChI=1S/C14H24N4/c1-11(2)18(9-13-5-4-7-16-13)10-14-6-8-15-12(3)17-14/h6,8,11,13,16H,4-5,7,9-10H2,1-3H3. The molecule has 0 amide bonds. The number of nitrogens with zero attached hydrogens (tertiary/aromatic N) is 3. The fraction of sp³-hybridized carbons (Fsp3) is 0.714. The van der Waals surface area contributed by atoms with Crippen LogP contribution in [0.25, 0.3) is 0 Å². The van der Waals surface area contributed by atoms with Gasteiger partial charge in [0, 0.05) is 31.4 Å². The van der Waals surface area contributed by atoms with Gasteiger partial charge in [0.15, 0.2) is 0 Å². The number of hydrogen-bond donors (Lipinski definition) is 1. The summed E-state index contributed by atoms with van der Waals surface area (Å²) in [5, 5.41) is 3.56. The Morgan fingerprint density at radius 2 is 2.33 bits per heavy atom. The van der Waals surface area contributed by atoms with Crippen LogP contribution in [0, 0.1) is 6.92 Å². The van der Waals surface area contributed by atoms with Crippen molar-refractivity contribution in [3.05, 3.63) is 23.8 Å². The molecule has 1 fully saturated rings. The van der Waals surface area contributed by atoms with Crippen LogP contribution in [0.2, 0.25) is 0 Å². The van der Waals surface area contributed by atoms with Gasteiger partial charge in [0.25, 0.3) is 0 Å². The van der Waals surface area contributed by atoms with Gasteiger partial charge < -0.3 is 5.32 Å². The van der Waals surface area contributed by atoms with Gasteiger partial charge in [0.05, 0.1) is 5.69 Å². The lowest BCUT2D eigenvalue weighted by molar-refractivity contribution is 0.191. The number of aromatic nitrogens is 2. The predicted molar refractivity (Wildman–Crippen MR) is 73.3 cm³/mol. The van der Waals surface area contributed by atoms with Crippen LogP contribution in [0.15, 0.2) is 12.3 Å². The maximum absolute atomic E-state index is 4.50. The van der Waals surface area contributed by atoms with Gasteiger partial charge in [-0.3, -0.25) is 4.90 Å². The highest BCUT2D eigenvalue weighted by atomic mass is 15.2. The third kappa shape index (κ3) is 3.75. The van der Waals surface area contributed by atoms with Gasteiger partial charge in [0.1, 0.15) is 5.82 Å². The van der Waals surface area contributed by atoms with Gasteiger partial charge in [-0.25, -0.2) is 9.97 Å². The minimum absolute atomic E-state index is 0.544. The van der Waals surface area contributed by atoms with Crippen molar-refractivity contribution in [1.82, 2.24) is 20.2 Å². The van der Waals surface area contributed by atoms with E-state index in [0.717, 1.165) is 24.6 Å². The summed E-state index contributed by atoms with van der Waals surface area (Å²) in [7, 11) is 0. The minimum Gasteiger partial charge on any atom is -0.313 e. The normalized spacial score (nSPS) is 19.9. The number of hydrogen-bond acceptors (Lipinski definition) is 4. The first-order valence-corrected chi connectivity index (χ1v) is 6.91. The summed E-state index contributed by atoms with van der Waals surface area (Å²) in [5.41, 5.74) is 1.12. The molecular formula is C14H24N4. The molecule has 1 aliphatic heterocycles. The van der Waals surface area contributed by atoms with E-state index in [1.807, 2.05) is 19.2 Å². The zero-order valence-corrected chi connectivity index (χ0v) is 11.7. The average molecular weight is 248 g/mol. The van der Waals surface area contributed by atoms with E-state index in [-0.39, 0.29) is 0 Å². The van der Waals surface area contributed by atoms with Crippen molar-refractivity contribution in [2.45, 2.75) is 52.2 Å². The van der Waals surface area contributed by atoms with E-state index in [1.54, 1.807) is 0 Å². The second-order valence-corrected chi connectivity index (χ2v) is 5.41. The zero-order valence-electron chi connectivity index (χ0n) is 11.7. The summed E-state index contributed by atoms with van der Waals surface area (Å²) >= 11 is 0. The quantitative estimate of drug-likeness (QED) is 0.862. The Bertz CT molecular complexity index is 372. The Balaban J connectivity index is 1.97. The lowest BCUT2D eigenvalue weighted by Gasteiger charge is -2.29. The van der Waals surface area contributed by atoms with Crippen LogP contribution >= 0.6 is 0 Å². The molecule has 1 N–H and O–H groups in total. The molecule has 0 aliphatic carbocycles. The highest BCUT2D eigenvalue weighted by Gasteiger charge is 2.20. The van der Waals surface area contributed by atoms with Gasteiger partial charge in [0.2, 0.25) is 0 Å². The van der Waals surface area contributed by atoms with Crippen molar-refractivity contribution in [2.75, 3.05) is 13.1 Å². The van der Waals surface area contributed by atoms with Crippen molar-refractivity contribution in [3.8, 4) is 0 Å². The monoisotopic (exact) mass is 248 g/mol. The molecule has 1 atom stereocenters. The summed E-state index contributed by atoms with van der Waals surface area (Å²) in [6.07, 6.45) is 4.46. The minimum atomic E-state index is 0.544. The second kappa shape index (κ2) is 6.25. The van der Waals surface area contributed by atoms with E-state index >= 15 is 0 Å². The maximum atomic E-state index is 4.50. The van der Waals surface area contributed by atoms with Crippen LogP contribution < -0.4 is 5.32 Å². The molecule has 0 bridgehead atoms. The molecule has 100 valence electrons. The molecule has 0 spiro atoms. The lowest BCUT2D eigenvalue weighted by Crippen LogP contribution is -2.40. The SMILES string of the molecule is Cc1nccc(CN(CC2CCCN2)C(C)C)n1. The Kier molecular flexibility index (Phi) is 4.66. The largest absolute Gasteiger partial charge is 0.313 e. The first kappa shape index (κ1) is 13.4. The second-order valence-electron chi connectivity index (χ2n) is 5.41. The summed E-state index contributed by atoms with van der Waals surface area (Å²) < 4.78 is 0. The van der Waals surface area contributed by atoms with Crippen molar-refractivity contribution >= 4 is 0 Å². The molecule has 0 saturated carbocycles. The van der Waals surface area contributed by atoms with Gasteiger partial charge in [-0.05, 0) is 46.2 Å². The molecule has 0 aromatic carbocycles. The molecule has 1 aliphatic rings. The third-order valence-electron chi connectivity index (χ3n) is 3.55. The van der Waals surface area contributed by atoms with Gasteiger partial charge in [-0.1, -0.05) is 0 Å². The summed E-state index contributed by atoms with van der Waals surface area (Å²) in [6.45, 7) is 9.65. The van der Waals surface area contributed by atoms with Gasteiger partial charge in [-0.15, -0.1) is 0 Å². The molecule has 1 aromatic heterocycles. The Labute approximate surface area is 110 Å². The number of aryl methyl sites for hydroxylation is 1. The molecule has 1 unspecified atom stereocenters. The Hall–Kier alpha value is -1.00. The average Bonchev–Trinajstić information content (AvgIpc) is 2.81. The molecular weight excluding hydrogens is 224 g/mol. The van der Waals surface area contributed by atoms with E-state index in [1.165, 1.54) is 19.4 Å². The van der Waals surface area contributed by atoms with Crippen LogP contribution in [-0.2, 0) is 6.54 Å². The molecule has 4 heteroatoms. The number of rotatable bonds is 5. The van der Waals surface area contributed by atoms with Crippen LogP contribution in [0.4, 0.5) is 0 Å². The van der Waals surface area contributed by atoms with Crippen molar-refractivity contribution in [3.63, 3.8) is 0 Å². The lowest BCUT2D eigenvalue weighted by atomic mass is 10.2. The summed E-state index contributed by atoms with van der Waals surface area (Å²) in [5.74, 6) is 0.857. The van der Waals surface area contributed by atoms with E-state index in [4.69, 9.17) is 0 Å². The topological polar surface area (TPSA) is 41.1 Å². The fourth-order valence-corrected chi connectivity index (χ4v) is 2.45. The predicted octanol–water partition coefficient (Wildman–Crippen LogP) is 1.75. The molecule has 1 aromatic rings. The van der Waals surface area contributed by atoms with Crippen molar-refractivity contribution in [2.24, 2.45) is 0 Å². The summed E-state index contributed by atoms with van der Waals surface area (Å²) in [4.78, 5) is 11.1. The van der Waals surface area contributed by atoms with E-state index in [9.17, 15) is 0 Å². The summed E-state index contributed by atoms with van der Waals surface area (Å²) in [6, 6.07) is 3.21. The van der Waals surface area contributed by atoms with Gasteiger partial charge in [-0.2, -0.15) is 0 Å². The third-order valence-corrected chi connectivity index (χ3v) is 3.55. The van der Waals surface area contributed by atoms with Crippen molar-refractivity contribution < 1.29 is 0 Å². The first-order chi connectivity index (χ1) is 8.65. The molecule has 2 rings (SSSR count). The molecule has 18 heavy (non-hydrogen) atoms. The van der Waals surface area contributed by atoms with Gasteiger partial charge >= 0.3 is 0 Å². The van der Waals surface area contributed by atoms with Crippen LogP contribution in [-0.4, -0.2) is 40.0 Å². The Morgan fingerprint density at radius 1 is 1.50 bits per heavy atom. The molecule has 2 heterocycles. The highest BCUT2D eigenvalue weighted by molar-refractivity contribution is 5.02. The molecule has 4 nitrogen and oxygen atoms in total. The van der Waals surface area contributed by atoms with Crippen LogP contribution in [0.1, 0.15) is 38.2 Å². The van der Waals surface area contributed by atoms with Crippen LogP contribution in [0.3, 0.4) is 0 Å². The zero-order chi connectivity index (χ0) is 13.0. The van der Waals surface area contributed by atoms with Crippen molar-refractivity contribution in [1.29, 1.82) is 0 Å². The smallest absolute Gasteiger partial charge is 0.125 e. The fourth-order valence-electron chi connectivity index (χ4n) is 2.45. The molecule has 0 radical (unpaired) electrons. The van der Waals surface area contributed by atoms with E-state index in [2.05, 4.69) is 34.0 Å². The number of nitrogens with one attached hydrogen (secondary N) is 1. The molecule has 1 saturated heterocycles. The first-order valence-electron chi connectivity index (χ1n) is 6.91. The highest BCUT2D eigenvalue weighted by Crippen LogP contribution is 2.12. The van der Waals surface area contributed by atoms with Crippen LogP contribution in [0.5, 0.6) is 0 Å². The maximum Gasteiger partial charge on any atom is 0.125 e. The van der Waals surface area contributed by atoms with E-state index in [0.29, 0.717) is 12.1 Å². The van der Waals surface area contributed by atoms with E-state index < -0.39 is 0 Å².